The molecule has 19 heteroatoms. The minimum atomic E-state index is -4.67. The van der Waals surface area contributed by atoms with Crippen LogP contribution in [0.3, 0.4) is 0 Å². The third kappa shape index (κ3) is 7.62. The number of alkyl halides is 3. The highest BCUT2D eigenvalue weighted by Gasteiger charge is 2.51. The Hall–Kier alpha value is -5.40. The maximum atomic E-state index is 13.7. The molecule has 2 aliphatic heterocycles. The quantitative estimate of drug-likeness (QED) is 0.150. The summed E-state index contributed by atoms with van der Waals surface area (Å²) < 4.78 is 76.8. The van der Waals surface area contributed by atoms with E-state index in [1.165, 1.54) is 33.8 Å². The third-order valence-electron chi connectivity index (χ3n) is 12.8. The van der Waals surface area contributed by atoms with Crippen LogP contribution in [0.4, 0.5) is 24.8 Å². The molecular formula is C41H44F3N9O6S. The van der Waals surface area contributed by atoms with E-state index in [1.54, 1.807) is 25.2 Å². The number of fused-ring (bicyclic) bond motifs is 1. The summed E-state index contributed by atoms with van der Waals surface area (Å²) in [4.78, 5) is 47.5. The van der Waals surface area contributed by atoms with E-state index in [-0.39, 0.29) is 52.2 Å². The number of hydrogen-bond donors (Lipinski definition) is 3. The van der Waals surface area contributed by atoms with Crippen molar-refractivity contribution in [2.45, 2.75) is 85.7 Å². The molecule has 15 nitrogen and oxygen atoms in total. The van der Waals surface area contributed by atoms with Crippen molar-refractivity contribution in [2.24, 2.45) is 12.5 Å². The standard InChI is InChI=1S/C41H44F3N9O6S/c1-51-21-24(19-47-51)35-31(41(42,43)44)20-46-38(50-35)48-27-5-7-28(8-6-27)60(57,58)29-17-40(18-29)13-11-26(12-14-40)45-15-16-52-22-25(23-52)30-3-2-4-32-36(30)59-39(56)53(32)33-9-10-34(54)49-37(33)55/h2-8,19-21,25-26,29,33,45H,9-18,22-23H2,1H3,(H,46,48,50)(H,49,54,55). The van der Waals surface area contributed by atoms with Gasteiger partial charge in [0.1, 0.15) is 11.6 Å². The molecule has 9 rings (SSSR count). The predicted octanol–water partition coefficient (Wildman–Crippen LogP) is 5.08. The van der Waals surface area contributed by atoms with E-state index < -0.39 is 44.5 Å². The van der Waals surface area contributed by atoms with Gasteiger partial charge < -0.3 is 20.0 Å². The average molecular weight is 848 g/mol. The normalized spacial score (nSPS) is 24.0. The van der Waals surface area contributed by atoms with E-state index >= 15 is 0 Å². The number of aryl methyl sites for hydroxylation is 1. The first kappa shape index (κ1) is 40.0. The highest BCUT2D eigenvalue weighted by atomic mass is 32.2. The van der Waals surface area contributed by atoms with Gasteiger partial charge in [-0.15, -0.1) is 0 Å². The van der Waals surface area contributed by atoms with Gasteiger partial charge >= 0.3 is 11.9 Å². The van der Waals surface area contributed by atoms with Gasteiger partial charge in [0.05, 0.1) is 27.6 Å². The minimum absolute atomic E-state index is 0.0290. The van der Waals surface area contributed by atoms with Gasteiger partial charge in [-0.1, -0.05) is 12.1 Å². The summed E-state index contributed by atoms with van der Waals surface area (Å²) in [6.45, 7) is 3.33. The Balaban J connectivity index is 0.729. The first-order chi connectivity index (χ1) is 28.7. The van der Waals surface area contributed by atoms with Gasteiger partial charge in [0.25, 0.3) is 0 Å². The number of imide groups is 1. The average Bonchev–Trinajstić information content (AvgIpc) is 3.77. The number of rotatable bonds is 11. The van der Waals surface area contributed by atoms with E-state index in [9.17, 15) is 36.0 Å². The number of carbonyl (C=O) groups excluding carboxylic acids is 2. The number of carbonyl (C=O) groups is 2. The van der Waals surface area contributed by atoms with Crippen LogP contribution in [0.1, 0.15) is 74.5 Å². The molecule has 2 saturated heterocycles. The van der Waals surface area contributed by atoms with Crippen molar-refractivity contribution >= 4 is 44.4 Å². The number of nitrogens with one attached hydrogen (secondary N) is 3. The predicted molar refractivity (Wildman–Crippen MR) is 213 cm³/mol. The summed E-state index contributed by atoms with van der Waals surface area (Å²) in [5.74, 6) is -1.31. The number of hydrogen-bond acceptors (Lipinski definition) is 12. The molecule has 4 aliphatic rings. The maximum Gasteiger partial charge on any atom is 0.420 e. The Kier molecular flexibility index (Phi) is 10.2. The molecule has 2 aliphatic carbocycles. The highest BCUT2D eigenvalue weighted by molar-refractivity contribution is 7.92. The summed E-state index contributed by atoms with van der Waals surface area (Å²) >= 11 is 0. The SMILES string of the molecule is Cn1cc(-c2nc(Nc3ccc(S(=O)(=O)C4CC5(CCC(NCCN6CC(c7cccc8c7oc(=O)n8C7CCC(=O)NC7=O)C6)CC5)C4)cc3)ncc2C(F)(F)F)cn1. The van der Waals surface area contributed by atoms with Gasteiger partial charge in [-0.3, -0.25) is 24.2 Å². The molecular weight excluding hydrogens is 804 g/mol. The Labute approximate surface area is 342 Å². The van der Waals surface area contributed by atoms with E-state index in [0.717, 1.165) is 63.6 Å². The van der Waals surface area contributed by atoms with E-state index in [2.05, 4.69) is 35.9 Å². The highest BCUT2D eigenvalue weighted by Crippen LogP contribution is 2.55. The second-order valence-corrected chi connectivity index (χ2v) is 18.9. The molecule has 2 aromatic carbocycles. The number of oxazole rings is 1. The summed E-state index contributed by atoms with van der Waals surface area (Å²) in [6.07, 6.45) is 4.34. The minimum Gasteiger partial charge on any atom is -0.407 e. The summed E-state index contributed by atoms with van der Waals surface area (Å²) in [5, 5.41) is 12.4. The molecule has 3 aromatic heterocycles. The number of piperidine rings is 1. The largest absolute Gasteiger partial charge is 0.420 e. The molecule has 5 aromatic rings. The molecule has 1 unspecified atom stereocenters. The van der Waals surface area contributed by atoms with Crippen molar-refractivity contribution < 1.29 is 35.6 Å². The number of halogens is 3. The van der Waals surface area contributed by atoms with Gasteiger partial charge in [-0.25, -0.2) is 23.2 Å². The molecule has 60 heavy (non-hydrogen) atoms. The number of para-hydroxylation sites is 1. The lowest BCUT2D eigenvalue weighted by atomic mass is 9.60. The van der Waals surface area contributed by atoms with Crippen molar-refractivity contribution in [2.75, 3.05) is 31.5 Å². The lowest BCUT2D eigenvalue weighted by Crippen LogP contribution is -2.51. The summed E-state index contributed by atoms with van der Waals surface area (Å²) in [7, 11) is -1.98. The topological polar surface area (TPSA) is 186 Å². The molecule has 1 spiro atoms. The van der Waals surface area contributed by atoms with Crippen LogP contribution in [0.2, 0.25) is 0 Å². The second-order valence-electron chi connectivity index (χ2n) is 16.7. The zero-order valence-electron chi connectivity index (χ0n) is 32.7. The molecule has 4 fully saturated rings. The fraction of sp³-hybridized carbons (Fsp3) is 0.463. The van der Waals surface area contributed by atoms with Crippen LogP contribution in [0.15, 0.2) is 75.2 Å². The first-order valence-corrected chi connectivity index (χ1v) is 21.7. The maximum absolute atomic E-state index is 13.7. The molecule has 2 amide bonds. The Morgan fingerprint density at radius 3 is 2.43 bits per heavy atom. The smallest absolute Gasteiger partial charge is 0.407 e. The van der Waals surface area contributed by atoms with Gasteiger partial charge in [0.2, 0.25) is 17.8 Å². The van der Waals surface area contributed by atoms with E-state index in [0.29, 0.717) is 35.7 Å². The fourth-order valence-electron chi connectivity index (χ4n) is 9.43. The number of sulfone groups is 1. The number of benzene rings is 2. The van der Waals surface area contributed by atoms with Crippen LogP contribution in [0.5, 0.6) is 0 Å². The molecule has 0 radical (unpaired) electrons. The van der Waals surface area contributed by atoms with Crippen molar-refractivity contribution in [1.82, 2.24) is 39.8 Å². The lowest BCUT2D eigenvalue weighted by molar-refractivity contribution is -0.138. The zero-order valence-corrected chi connectivity index (χ0v) is 33.6. The second kappa shape index (κ2) is 15.3. The van der Waals surface area contributed by atoms with Crippen LogP contribution in [0.25, 0.3) is 22.4 Å². The van der Waals surface area contributed by atoms with Gasteiger partial charge in [0.15, 0.2) is 15.4 Å². The van der Waals surface area contributed by atoms with E-state index in [4.69, 9.17) is 4.42 Å². The molecule has 5 heterocycles. The van der Waals surface area contributed by atoms with Crippen LogP contribution in [-0.4, -0.2) is 86.9 Å². The van der Waals surface area contributed by atoms with Gasteiger partial charge in [-0.05, 0) is 80.7 Å². The van der Waals surface area contributed by atoms with Crippen LogP contribution in [-0.2, 0) is 32.7 Å². The Morgan fingerprint density at radius 2 is 1.75 bits per heavy atom. The van der Waals surface area contributed by atoms with E-state index in [1.807, 2.05) is 12.1 Å². The summed E-state index contributed by atoms with van der Waals surface area (Å²) in [6, 6.07) is 11.3. The number of anilines is 2. The molecule has 3 N–H and O–H groups in total. The van der Waals surface area contributed by atoms with Gasteiger partial charge in [0, 0.05) is 80.8 Å². The van der Waals surface area contributed by atoms with Crippen LogP contribution >= 0.6 is 0 Å². The molecule has 0 bridgehead atoms. The fourth-order valence-corrected chi connectivity index (χ4v) is 11.5. The van der Waals surface area contributed by atoms with Crippen molar-refractivity contribution in [3.8, 4) is 11.3 Å². The Morgan fingerprint density at radius 1 is 1.00 bits per heavy atom. The van der Waals surface area contributed by atoms with Crippen molar-refractivity contribution in [3.63, 3.8) is 0 Å². The Bertz CT molecular complexity index is 2620. The van der Waals surface area contributed by atoms with Crippen molar-refractivity contribution in [3.05, 3.63) is 82.7 Å². The van der Waals surface area contributed by atoms with Crippen LogP contribution in [0, 0.1) is 5.41 Å². The number of aromatic nitrogens is 5. The third-order valence-corrected chi connectivity index (χ3v) is 14.9. The number of nitrogens with zero attached hydrogens (tertiary/aromatic N) is 6. The lowest BCUT2D eigenvalue weighted by Gasteiger charge is -2.51. The molecule has 316 valence electrons. The van der Waals surface area contributed by atoms with Gasteiger partial charge in [-0.2, -0.15) is 18.3 Å². The molecule has 1 atom stereocenters. The summed E-state index contributed by atoms with van der Waals surface area (Å²) in [5.41, 5.74) is 1.34. The van der Waals surface area contributed by atoms with Crippen molar-refractivity contribution in [1.29, 1.82) is 0 Å². The first-order valence-electron chi connectivity index (χ1n) is 20.1. The zero-order chi connectivity index (χ0) is 42.0. The monoisotopic (exact) mass is 847 g/mol. The van der Waals surface area contributed by atoms with Crippen LogP contribution < -0.4 is 21.7 Å². The number of amides is 2. The number of likely N-dealkylation sites (tertiary alicyclic amines) is 1. The molecule has 2 saturated carbocycles.